The first-order valence-electron chi connectivity index (χ1n) is 5.89. The molecule has 0 aromatic heterocycles. The summed E-state index contributed by atoms with van der Waals surface area (Å²) in [6.45, 7) is 2.07. The van der Waals surface area contributed by atoms with Crippen LogP contribution >= 0.6 is 0 Å². The van der Waals surface area contributed by atoms with Crippen LogP contribution in [0.3, 0.4) is 0 Å². The normalized spacial score (nSPS) is 29.4. The van der Waals surface area contributed by atoms with Crippen LogP contribution in [0.15, 0.2) is 12.1 Å². The fraction of sp³-hybridized carbons (Fsp3) is 0.538. The Morgan fingerprint density at radius 1 is 1.12 bits per heavy atom. The van der Waals surface area contributed by atoms with Crippen LogP contribution in [0.2, 0.25) is 0 Å². The van der Waals surface area contributed by atoms with Gasteiger partial charge in [0.2, 0.25) is 0 Å². The van der Waals surface area contributed by atoms with E-state index in [0.717, 1.165) is 25.3 Å². The topological polar surface area (TPSA) is 26.0 Å². The summed E-state index contributed by atoms with van der Waals surface area (Å²) in [5, 5.41) is 0. The van der Waals surface area contributed by atoms with Crippen LogP contribution < -0.4 is 5.73 Å². The molecule has 1 aromatic rings. The largest absolute Gasteiger partial charge is 0.327 e. The maximum atomic E-state index is 13.7. The Labute approximate surface area is 98.8 Å². The number of hydrogen-bond acceptors (Lipinski definition) is 1. The number of nitrogens with two attached hydrogens (primary N) is 1. The standard InChI is InChI=1S/C13H16F3N/c1-7-2-5-11(17)9(6-7)8-3-4-10(14)13(16)12(8)15/h3-4,7,9,11H,2,5-6,17H2,1H3. The van der Waals surface area contributed by atoms with Crippen LogP contribution in [0.1, 0.15) is 37.7 Å². The molecule has 1 aliphatic carbocycles. The van der Waals surface area contributed by atoms with Crippen molar-refractivity contribution in [3.8, 4) is 0 Å². The Balaban J connectivity index is 2.36. The van der Waals surface area contributed by atoms with Crippen molar-refractivity contribution in [2.24, 2.45) is 11.7 Å². The zero-order valence-electron chi connectivity index (χ0n) is 9.72. The third-order valence-electron chi connectivity index (χ3n) is 3.63. The molecule has 1 saturated carbocycles. The molecule has 0 aliphatic heterocycles. The fourth-order valence-electron chi connectivity index (χ4n) is 2.59. The molecule has 0 bridgehead atoms. The van der Waals surface area contributed by atoms with Crippen molar-refractivity contribution in [1.29, 1.82) is 0 Å². The van der Waals surface area contributed by atoms with E-state index in [1.807, 2.05) is 0 Å². The summed E-state index contributed by atoms with van der Waals surface area (Å²) in [4.78, 5) is 0. The van der Waals surface area contributed by atoms with Gasteiger partial charge in [0, 0.05) is 12.0 Å². The average molecular weight is 243 g/mol. The molecule has 94 valence electrons. The maximum Gasteiger partial charge on any atom is 0.194 e. The van der Waals surface area contributed by atoms with Crippen LogP contribution in [-0.4, -0.2) is 6.04 Å². The zero-order chi connectivity index (χ0) is 12.6. The number of rotatable bonds is 1. The Kier molecular flexibility index (Phi) is 3.43. The minimum atomic E-state index is -1.40. The highest BCUT2D eigenvalue weighted by atomic mass is 19.2. The number of benzene rings is 1. The van der Waals surface area contributed by atoms with E-state index >= 15 is 0 Å². The van der Waals surface area contributed by atoms with Gasteiger partial charge in [0.1, 0.15) is 0 Å². The van der Waals surface area contributed by atoms with Gasteiger partial charge < -0.3 is 5.73 Å². The van der Waals surface area contributed by atoms with E-state index in [0.29, 0.717) is 5.92 Å². The summed E-state index contributed by atoms with van der Waals surface area (Å²) in [6, 6.07) is 2.11. The van der Waals surface area contributed by atoms with E-state index in [1.54, 1.807) is 0 Å². The Hall–Kier alpha value is -1.03. The molecule has 2 N–H and O–H groups in total. The van der Waals surface area contributed by atoms with Gasteiger partial charge in [-0.1, -0.05) is 13.0 Å². The molecular weight excluding hydrogens is 227 g/mol. The minimum Gasteiger partial charge on any atom is -0.327 e. The third kappa shape index (κ3) is 2.32. The molecule has 4 heteroatoms. The van der Waals surface area contributed by atoms with Crippen molar-refractivity contribution in [1.82, 2.24) is 0 Å². The Morgan fingerprint density at radius 3 is 2.53 bits per heavy atom. The lowest BCUT2D eigenvalue weighted by molar-refractivity contribution is 0.297. The maximum absolute atomic E-state index is 13.7. The lowest BCUT2D eigenvalue weighted by Crippen LogP contribution is -2.34. The zero-order valence-corrected chi connectivity index (χ0v) is 9.72. The van der Waals surface area contributed by atoms with Crippen molar-refractivity contribution in [2.75, 3.05) is 0 Å². The second kappa shape index (κ2) is 4.69. The monoisotopic (exact) mass is 243 g/mol. The molecule has 0 spiro atoms. The molecule has 0 radical (unpaired) electrons. The van der Waals surface area contributed by atoms with Crippen molar-refractivity contribution in [3.63, 3.8) is 0 Å². The van der Waals surface area contributed by atoms with E-state index < -0.39 is 17.5 Å². The fourth-order valence-corrected chi connectivity index (χ4v) is 2.59. The van der Waals surface area contributed by atoms with Crippen LogP contribution in [-0.2, 0) is 0 Å². The van der Waals surface area contributed by atoms with Crippen molar-refractivity contribution < 1.29 is 13.2 Å². The smallest absolute Gasteiger partial charge is 0.194 e. The van der Waals surface area contributed by atoms with E-state index in [1.165, 1.54) is 6.07 Å². The quantitative estimate of drug-likeness (QED) is 0.752. The van der Waals surface area contributed by atoms with Crippen LogP contribution in [0.25, 0.3) is 0 Å². The highest BCUT2D eigenvalue weighted by molar-refractivity contribution is 5.26. The predicted octanol–water partition coefficient (Wildman–Crippen LogP) is 3.33. The number of hydrogen-bond donors (Lipinski definition) is 1. The van der Waals surface area contributed by atoms with E-state index in [4.69, 9.17) is 5.73 Å². The van der Waals surface area contributed by atoms with Crippen molar-refractivity contribution >= 4 is 0 Å². The first-order valence-corrected chi connectivity index (χ1v) is 5.89. The van der Waals surface area contributed by atoms with Crippen LogP contribution in [0.5, 0.6) is 0 Å². The summed E-state index contributed by atoms with van der Waals surface area (Å²) in [5.74, 6) is -3.41. The second-order valence-electron chi connectivity index (χ2n) is 4.95. The molecule has 2 rings (SSSR count). The third-order valence-corrected chi connectivity index (χ3v) is 3.63. The molecular formula is C13H16F3N. The van der Waals surface area contributed by atoms with Gasteiger partial charge in [0.25, 0.3) is 0 Å². The SMILES string of the molecule is CC1CCC(N)C(c2ccc(F)c(F)c2F)C1. The molecule has 3 atom stereocenters. The summed E-state index contributed by atoms with van der Waals surface area (Å²) in [7, 11) is 0. The summed E-state index contributed by atoms with van der Waals surface area (Å²) in [6.07, 6.45) is 2.52. The van der Waals surface area contributed by atoms with E-state index in [-0.39, 0.29) is 17.5 Å². The number of halogens is 3. The molecule has 0 saturated heterocycles. The van der Waals surface area contributed by atoms with Gasteiger partial charge in [0.05, 0.1) is 0 Å². The molecule has 1 fully saturated rings. The van der Waals surface area contributed by atoms with Crippen LogP contribution in [0, 0.1) is 23.4 Å². The highest BCUT2D eigenvalue weighted by Gasteiger charge is 2.30. The van der Waals surface area contributed by atoms with Crippen molar-refractivity contribution in [2.45, 2.75) is 38.1 Å². The van der Waals surface area contributed by atoms with E-state index in [2.05, 4.69) is 6.92 Å². The minimum absolute atomic E-state index is 0.175. The molecule has 1 aromatic carbocycles. The molecule has 0 amide bonds. The molecule has 17 heavy (non-hydrogen) atoms. The molecule has 3 unspecified atom stereocenters. The molecule has 0 heterocycles. The molecule has 1 nitrogen and oxygen atoms in total. The summed E-state index contributed by atoms with van der Waals surface area (Å²) >= 11 is 0. The summed E-state index contributed by atoms with van der Waals surface area (Å²) < 4.78 is 39.7. The van der Waals surface area contributed by atoms with Crippen molar-refractivity contribution in [3.05, 3.63) is 35.1 Å². The van der Waals surface area contributed by atoms with Gasteiger partial charge in [-0.05, 0) is 36.8 Å². The lowest BCUT2D eigenvalue weighted by atomic mass is 9.75. The molecule has 1 aliphatic rings. The van der Waals surface area contributed by atoms with Gasteiger partial charge in [-0.3, -0.25) is 0 Å². The van der Waals surface area contributed by atoms with Gasteiger partial charge >= 0.3 is 0 Å². The van der Waals surface area contributed by atoms with Gasteiger partial charge in [-0.15, -0.1) is 0 Å². The Morgan fingerprint density at radius 2 is 1.82 bits per heavy atom. The van der Waals surface area contributed by atoms with E-state index in [9.17, 15) is 13.2 Å². The van der Waals surface area contributed by atoms with Gasteiger partial charge in [-0.25, -0.2) is 13.2 Å². The average Bonchev–Trinajstić information content (AvgIpc) is 2.30. The van der Waals surface area contributed by atoms with Gasteiger partial charge in [-0.2, -0.15) is 0 Å². The Bertz CT molecular complexity index is 419. The predicted molar refractivity (Wildman–Crippen MR) is 60.0 cm³/mol. The van der Waals surface area contributed by atoms with Gasteiger partial charge in [0.15, 0.2) is 17.5 Å². The highest BCUT2D eigenvalue weighted by Crippen LogP contribution is 2.37. The first kappa shape index (κ1) is 12.4. The first-order chi connectivity index (χ1) is 8.00. The second-order valence-corrected chi connectivity index (χ2v) is 4.95. The lowest BCUT2D eigenvalue weighted by Gasteiger charge is -2.33. The van der Waals surface area contributed by atoms with Crippen LogP contribution in [0.4, 0.5) is 13.2 Å². The summed E-state index contributed by atoms with van der Waals surface area (Å²) in [5.41, 5.74) is 6.16.